The molecule has 12 heavy (non-hydrogen) atoms. The first kappa shape index (κ1) is 7.34. The molecule has 0 aromatic carbocycles. The highest BCUT2D eigenvalue weighted by molar-refractivity contribution is 5.05. The maximum absolute atomic E-state index is 6.18. The highest BCUT2D eigenvalue weighted by Gasteiger charge is 2.50. The van der Waals surface area contributed by atoms with Crippen LogP contribution in [0.2, 0.25) is 0 Å². The van der Waals surface area contributed by atoms with Gasteiger partial charge in [0.15, 0.2) is 0 Å². The van der Waals surface area contributed by atoms with Crippen LogP contribution in [0.4, 0.5) is 0 Å². The van der Waals surface area contributed by atoms with Crippen molar-refractivity contribution in [3.05, 3.63) is 0 Å². The predicted octanol–water partition coefficient (Wildman–Crippen LogP) is 0.707. The smallest absolute Gasteiger partial charge is 0.0111 e. The summed E-state index contributed by atoms with van der Waals surface area (Å²) in [5.74, 6) is 3.30. The Morgan fingerprint density at radius 1 is 0.750 bits per heavy atom. The standard InChI is InChI=1S/C10H18N2/c11-9-6-1-5-2-7(4-6)10(12)8(9)3-5/h5-10H,1-4,11-12H2. The molecular formula is C10H18N2. The van der Waals surface area contributed by atoms with E-state index in [1.54, 1.807) is 0 Å². The first-order chi connectivity index (χ1) is 5.75. The quantitative estimate of drug-likeness (QED) is 0.557. The monoisotopic (exact) mass is 166 g/mol. The summed E-state index contributed by atoms with van der Waals surface area (Å²) in [5, 5.41) is 0. The highest BCUT2D eigenvalue weighted by atomic mass is 14.8. The normalized spacial score (nSPS) is 62.5. The Labute approximate surface area is 73.7 Å². The predicted molar refractivity (Wildman–Crippen MR) is 48.4 cm³/mol. The third-order valence-electron chi connectivity index (χ3n) is 4.56. The van der Waals surface area contributed by atoms with E-state index in [2.05, 4.69) is 0 Å². The van der Waals surface area contributed by atoms with Crippen LogP contribution in [0, 0.1) is 23.7 Å². The van der Waals surface area contributed by atoms with Gasteiger partial charge in [0, 0.05) is 12.1 Å². The van der Waals surface area contributed by atoms with Crippen LogP contribution in [0.25, 0.3) is 0 Å². The first-order valence-electron chi connectivity index (χ1n) is 5.27. The summed E-state index contributed by atoms with van der Waals surface area (Å²) in [6, 6.07) is 0.876. The maximum Gasteiger partial charge on any atom is 0.0111 e. The summed E-state index contributed by atoms with van der Waals surface area (Å²) in [6.07, 6.45) is 5.46. The molecule has 0 amide bonds. The van der Waals surface area contributed by atoms with Crippen LogP contribution in [0.15, 0.2) is 0 Å². The van der Waals surface area contributed by atoms with Crippen molar-refractivity contribution in [2.75, 3.05) is 0 Å². The van der Waals surface area contributed by atoms with Crippen molar-refractivity contribution >= 4 is 0 Å². The number of hydrogen-bond acceptors (Lipinski definition) is 2. The Morgan fingerprint density at radius 3 is 1.92 bits per heavy atom. The van der Waals surface area contributed by atoms with Gasteiger partial charge in [0.2, 0.25) is 0 Å². The molecule has 4 bridgehead atoms. The van der Waals surface area contributed by atoms with E-state index in [1.165, 1.54) is 25.7 Å². The van der Waals surface area contributed by atoms with Gasteiger partial charge >= 0.3 is 0 Å². The Kier molecular flexibility index (Phi) is 1.37. The van der Waals surface area contributed by atoms with E-state index in [-0.39, 0.29) is 0 Å². The van der Waals surface area contributed by atoms with Gasteiger partial charge in [0.05, 0.1) is 0 Å². The Morgan fingerprint density at radius 2 is 1.33 bits per heavy atom. The molecule has 4 aliphatic carbocycles. The molecule has 0 aliphatic heterocycles. The van der Waals surface area contributed by atoms with E-state index in [0.29, 0.717) is 18.0 Å². The zero-order valence-corrected chi connectivity index (χ0v) is 7.45. The number of hydrogen-bond donors (Lipinski definition) is 2. The third kappa shape index (κ3) is 0.775. The Bertz CT molecular complexity index is 186. The second-order valence-electron chi connectivity index (χ2n) is 5.15. The van der Waals surface area contributed by atoms with Gasteiger partial charge in [0.25, 0.3) is 0 Å². The molecule has 4 rings (SSSR count). The minimum Gasteiger partial charge on any atom is -0.327 e. The van der Waals surface area contributed by atoms with Crippen LogP contribution in [-0.2, 0) is 0 Å². The molecule has 2 heteroatoms. The lowest BCUT2D eigenvalue weighted by atomic mass is 9.52. The van der Waals surface area contributed by atoms with Crippen LogP contribution in [-0.4, -0.2) is 12.1 Å². The Balaban J connectivity index is 1.93. The second-order valence-corrected chi connectivity index (χ2v) is 5.15. The largest absolute Gasteiger partial charge is 0.327 e. The van der Waals surface area contributed by atoms with E-state index in [9.17, 15) is 0 Å². The van der Waals surface area contributed by atoms with Crippen molar-refractivity contribution in [1.82, 2.24) is 0 Å². The molecule has 0 radical (unpaired) electrons. The minimum absolute atomic E-state index is 0.438. The molecule has 0 aromatic rings. The van der Waals surface area contributed by atoms with Crippen LogP contribution >= 0.6 is 0 Å². The summed E-state index contributed by atoms with van der Waals surface area (Å²) in [7, 11) is 0. The van der Waals surface area contributed by atoms with Crippen molar-refractivity contribution in [3.8, 4) is 0 Å². The number of rotatable bonds is 0. The summed E-state index contributed by atoms with van der Waals surface area (Å²) >= 11 is 0. The molecule has 4 saturated carbocycles. The molecule has 0 aromatic heterocycles. The Hall–Kier alpha value is -0.0800. The SMILES string of the molecule is NC1C2CC3CC(C2)C(N)C1C3. The highest BCUT2D eigenvalue weighted by Crippen LogP contribution is 2.52. The van der Waals surface area contributed by atoms with E-state index < -0.39 is 0 Å². The lowest BCUT2D eigenvalue weighted by Crippen LogP contribution is -2.61. The average molecular weight is 166 g/mol. The van der Waals surface area contributed by atoms with Gasteiger partial charge in [-0.25, -0.2) is 0 Å². The van der Waals surface area contributed by atoms with Crippen LogP contribution < -0.4 is 11.5 Å². The summed E-state index contributed by atoms with van der Waals surface area (Å²) in [6.45, 7) is 0. The minimum atomic E-state index is 0.438. The summed E-state index contributed by atoms with van der Waals surface area (Å²) in [5.41, 5.74) is 12.4. The van der Waals surface area contributed by atoms with E-state index in [1.807, 2.05) is 0 Å². The lowest BCUT2D eigenvalue weighted by Gasteiger charge is -2.56. The molecule has 4 N–H and O–H groups in total. The topological polar surface area (TPSA) is 52.0 Å². The van der Waals surface area contributed by atoms with Crippen molar-refractivity contribution in [1.29, 1.82) is 0 Å². The van der Waals surface area contributed by atoms with Gasteiger partial charge in [-0.15, -0.1) is 0 Å². The van der Waals surface area contributed by atoms with Gasteiger partial charge < -0.3 is 11.5 Å². The average Bonchev–Trinajstić information content (AvgIpc) is 2.07. The van der Waals surface area contributed by atoms with Gasteiger partial charge in [-0.1, -0.05) is 0 Å². The molecule has 4 unspecified atom stereocenters. The molecule has 0 spiro atoms. The van der Waals surface area contributed by atoms with Crippen molar-refractivity contribution in [2.24, 2.45) is 35.1 Å². The van der Waals surface area contributed by atoms with Crippen LogP contribution in [0.1, 0.15) is 25.7 Å². The first-order valence-corrected chi connectivity index (χ1v) is 5.27. The van der Waals surface area contributed by atoms with Crippen molar-refractivity contribution in [2.45, 2.75) is 37.8 Å². The third-order valence-corrected chi connectivity index (χ3v) is 4.56. The van der Waals surface area contributed by atoms with Gasteiger partial charge in [-0.3, -0.25) is 0 Å². The zero-order valence-electron chi connectivity index (χ0n) is 7.45. The maximum atomic E-state index is 6.18. The zero-order chi connectivity index (χ0) is 8.29. The van der Waals surface area contributed by atoms with Gasteiger partial charge in [-0.2, -0.15) is 0 Å². The van der Waals surface area contributed by atoms with Crippen LogP contribution in [0.3, 0.4) is 0 Å². The fourth-order valence-corrected chi connectivity index (χ4v) is 4.01. The van der Waals surface area contributed by atoms with E-state index in [0.717, 1.165) is 17.8 Å². The van der Waals surface area contributed by atoms with Crippen LogP contribution in [0.5, 0.6) is 0 Å². The van der Waals surface area contributed by atoms with Gasteiger partial charge in [0.1, 0.15) is 0 Å². The second kappa shape index (κ2) is 2.24. The van der Waals surface area contributed by atoms with E-state index >= 15 is 0 Å². The van der Waals surface area contributed by atoms with Crippen molar-refractivity contribution < 1.29 is 0 Å². The molecule has 4 fully saturated rings. The lowest BCUT2D eigenvalue weighted by molar-refractivity contribution is -0.0179. The summed E-state index contributed by atoms with van der Waals surface area (Å²) in [4.78, 5) is 0. The summed E-state index contributed by atoms with van der Waals surface area (Å²) < 4.78 is 0. The van der Waals surface area contributed by atoms with Crippen molar-refractivity contribution in [3.63, 3.8) is 0 Å². The molecule has 0 heterocycles. The molecular weight excluding hydrogens is 148 g/mol. The van der Waals surface area contributed by atoms with Gasteiger partial charge in [-0.05, 0) is 49.4 Å². The number of nitrogens with two attached hydrogens (primary N) is 2. The molecule has 68 valence electrons. The van der Waals surface area contributed by atoms with E-state index in [4.69, 9.17) is 11.5 Å². The molecule has 0 saturated heterocycles. The molecule has 4 aliphatic rings. The molecule has 4 atom stereocenters. The fourth-order valence-electron chi connectivity index (χ4n) is 4.01. The fraction of sp³-hybridized carbons (Fsp3) is 1.00. The molecule has 2 nitrogen and oxygen atoms in total.